The van der Waals surface area contributed by atoms with Gasteiger partial charge < -0.3 is 24.6 Å². The van der Waals surface area contributed by atoms with Crippen LogP contribution in [-0.4, -0.2) is 77.9 Å². The van der Waals surface area contributed by atoms with Gasteiger partial charge in [-0.1, -0.05) is 6.58 Å². The number of piperidine rings is 1. The molecule has 204 valence electrons. The predicted molar refractivity (Wildman–Crippen MR) is 144 cm³/mol. The molecule has 2 aliphatic rings. The zero-order chi connectivity index (χ0) is 26.8. The molecule has 8 nitrogen and oxygen atoms in total. The maximum Gasteiger partial charge on any atom is 0.253 e. The minimum Gasteiger partial charge on any atom is -0.484 e. The van der Waals surface area contributed by atoms with E-state index in [1.165, 1.54) is 12.4 Å². The third-order valence-corrected chi connectivity index (χ3v) is 6.69. The first-order valence-corrected chi connectivity index (χ1v) is 13.3. The lowest BCUT2D eigenvalue weighted by Crippen LogP contribution is -2.48. The molecule has 0 spiro atoms. The topological polar surface area (TPSA) is 79.8 Å². The van der Waals surface area contributed by atoms with Crippen molar-refractivity contribution in [3.05, 3.63) is 48.7 Å². The second kappa shape index (κ2) is 14.2. The van der Waals surface area contributed by atoms with Crippen LogP contribution in [0.25, 0.3) is 0 Å². The summed E-state index contributed by atoms with van der Waals surface area (Å²) in [4.78, 5) is 25.1. The van der Waals surface area contributed by atoms with Crippen molar-refractivity contribution in [2.24, 2.45) is 0 Å². The second-order valence-electron chi connectivity index (χ2n) is 10.2. The van der Waals surface area contributed by atoms with Gasteiger partial charge in [0.15, 0.2) is 11.6 Å². The summed E-state index contributed by atoms with van der Waals surface area (Å²) in [5.41, 5.74) is 0.110. The van der Waals surface area contributed by atoms with E-state index in [1.807, 2.05) is 27.7 Å². The third kappa shape index (κ3) is 8.64. The van der Waals surface area contributed by atoms with Crippen LogP contribution in [0.15, 0.2) is 48.7 Å². The number of carbonyl (C=O) groups excluding carboxylic acids is 1. The summed E-state index contributed by atoms with van der Waals surface area (Å²) in [7, 11) is 0. The molecule has 0 radical (unpaired) electrons. The van der Waals surface area contributed by atoms with Crippen molar-refractivity contribution >= 4 is 11.7 Å². The number of hydrogen-bond donors (Lipinski definition) is 1. The SMILES string of the molecule is C=C(/C=C(F)\C=C/COc1cncnc1N1CCC(NC2CCOCC2)CC1)C(=O)N(C(C)C)C(C)C. The molecule has 1 amide bonds. The lowest BCUT2D eigenvalue weighted by molar-refractivity contribution is -0.130. The highest BCUT2D eigenvalue weighted by Crippen LogP contribution is 2.27. The van der Waals surface area contributed by atoms with E-state index >= 15 is 0 Å². The first-order valence-electron chi connectivity index (χ1n) is 13.3. The van der Waals surface area contributed by atoms with Crippen LogP contribution in [0.5, 0.6) is 5.75 Å². The van der Waals surface area contributed by atoms with E-state index in [2.05, 4.69) is 26.8 Å². The third-order valence-electron chi connectivity index (χ3n) is 6.69. The molecular weight excluding hydrogens is 473 g/mol. The molecule has 2 saturated heterocycles. The van der Waals surface area contributed by atoms with Gasteiger partial charge in [-0.25, -0.2) is 14.4 Å². The van der Waals surface area contributed by atoms with Gasteiger partial charge in [-0.3, -0.25) is 4.79 Å². The molecule has 2 aliphatic heterocycles. The number of allylic oxidation sites excluding steroid dienone is 2. The quantitative estimate of drug-likeness (QED) is 0.349. The Morgan fingerprint density at radius 3 is 2.51 bits per heavy atom. The van der Waals surface area contributed by atoms with Gasteiger partial charge >= 0.3 is 0 Å². The Labute approximate surface area is 220 Å². The standard InChI is InChI=1S/C28H42FN5O3/c1-20(2)34(21(3)4)28(35)22(5)17-23(29)7-6-14-37-26-18-30-19-31-27(26)33-12-8-24(9-13-33)32-25-10-15-36-16-11-25/h6-7,17-21,24-25,32H,5,8-16H2,1-4H3/b7-6-,23-17+. The van der Waals surface area contributed by atoms with Crippen LogP contribution >= 0.6 is 0 Å². The van der Waals surface area contributed by atoms with Gasteiger partial charge in [0, 0.05) is 56.0 Å². The van der Waals surface area contributed by atoms with E-state index in [1.54, 1.807) is 17.2 Å². The minimum atomic E-state index is -0.557. The maximum absolute atomic E-state index is 14.4. The van der Waals surface area contributed by atoms with E-state index in [0.29, 0.717) is 17.8 Å². The highest BCUT2D eigenvalue weighted by Gasteiger charge is 2.25. The molecule has 37 heavy (non-hydrogen) atoms. The highest BCUT2D eigenvalue weighted by molar-refractivity contribution is 5.96. The molecule has 1 N–H and O–H groups in total. The summed E-state index contributed by atoms with van der Waals surface area (Å²) in [6, 6.07) is 1.05. The molecule has 3 rings (SSSR count). The number of halogens is 1. The number of anilines is 1. The Hall–Kier alpha value is -2.78. The molecule has 1 aromatic rings. The fourth-order valence-electron chi connectivity index (χ4n) is 4.91. The normalized spacial score (nSPS) is 18.1. The summed E-state index contributed by atoms with van der Waals surface area (Å²) in [6.07, 6.45) is 11.4. The Kier molecular flexibility index (Phi) is 11.1. The average Bonchev–Trinajstić information content (AvgIpc) is 2.87. The molecule has 3 heterocycles. The van der Waals surface area contributed by atoms with E-state index < -0.39 is 5.83 Å². The molecule has 0 atom stereocenters. The Morgan fingerprint density at radius 1 is 1.22 bits per heavy atom. The van der Waals surface area contributed by atoms with E-state index in [0.717, 1.165) is 63.9 Å². The molecule has 0 aliphatic carbocycles. The average molecular weight is 516 g/mol. The second-order valence-corrected chi connectivity index (χ2v) is 10.2. The Bertz CT molecular complexity index is 943. The number of nitrogens with zero attached hydrogens (tertiary/aromatic N) is 4. The zero-order valence-electron chi connectivity index (χ0n) is 22.7. The van der Waals surface area contributed by atoms with Gasteiger partial charge in [0.1, 0.15) is 18.8 Å². The van der Waals surface area contributed by atoms with Crippen molar-refractivity contribution in [2.45, 2.75) is 77.5 Å². The monoisotopic (exact) mass is 515 g/mol. The number of amides is 1. The van der Waals surface area contributed by atoms with Crippen molar-refractivity contribution < 1.29 is 18.7 Å². The van der Waals surface area contributed by atoms with Crippen molar-refractivity contribution in [2.75, 3.05) is 37.8 Å². The predicted octanol–water partition coefficient (Wildman–Crippen LogP) is 4.20. The first-order chi connectivity index (χ1) is 17.8. The first kappa shape index (κ1) is 28.8. The molecule has 0 saturated carbocycles. The van der Waals surface area contributed by atoms with E-state index in [9.17, 15) is 9.18 Å². The van der Waals surface area contributed by atoms with Crippen LogP contribution in [0.1, 0.15) is 53.4 Å². The number of aromatic nitrogens is 2. The van der Waals surface area contributed by atoms with Gasteiger partial charge in [0.05, 0.1) is 6.20 Å². The summed E-state index contributed by atoms with van der Waals surface area (Å²) < 4.78 is 25.7. The van der Waals surface area contributed by atoms with Crippen molar-refractivity contribution in [1.29, 1.82) is 0 Å². The van der Waals surface area contributed by atoms with Gasteiger partial charge in [0.2, 0.25) is 0 Å². The maximum atomic E-state index is 14.4. The van der Waals surface area contributed by atoms with Crippen LogP contribution < -0.4 is 15.0 Å². The number of carbonyl (C=O) groups is 1. The number of rotatable bonds is 11. The molecule has 0 aromatic carbocycles. The molecule has 0 unspecified atom stereocenters. The van der Waals surface area contributed by atoms with Crippen LogP contribution in [0, 0.1) is 0 Å². The lowest BCUT2D eigenvalue weighted by atomic mass is 10.0. The van der Waals surface area contributed by atoms with Gasteiger partial charge in [-0.05, 0) is 71.6 Å². The Morgan fingerprint density at radius 2 is 1.86 bits per heavy atom. The van der Waals surface area contributed by atoms with Gasteiger partial charge in [-0.2, -0.15) is 0 Å². The van der Waals surface area contributed by atoms with Crippen LogP contribution in [0.2, 0.25) is 0 Å². The van der Waals surface area contributed by atoms with E-state index in [-0.39, 0.29) is 30.2 Å². The minimum absolute atomic E-state index is 0.000911. The summed E-state index contributed by atoms with van der Waals surface area (Å²) in [6.45, 7) is 15.0. The number of hydrogen-bond acceptors (Lipinski definition) is 7. The molecule has 9 heteroatoms. The molecule has 0 bridgehead atoms. The molecular formula is C28H42FN5O3. The fourth-order valence-corrected chi connectivity index (χ4v) is 4.91. The largest absolute Gasteiger partial charge is 0.484 e. The molecule has 2 fully saturated rings. The van der Waals surface area contributed by atoms with Crippen molar-refractivity contribution in [3.8, 4) is 5.75 Å². The number of nitrogens with one attached hydrogen (secondary N) is 1. The van der Waals surface area contributed by atoms with Crippen LogP contribution in [0.4, 0.5) is 10.2 Å². The Balaban J connectivity index is 1.50. The smallest absolute Gasteiger partial charge is 0.253 e. The summed E-state index contributed by atoms with van der Waals surface area (Å²) in [5, 5.41) is 3.78. The zero-order valence-corrected chi connectivity index (χ0v) is 22.7. The van der Waals surface area contributed by atoms with Crippen LogP contribution in [0.3, 0.4) is 0 Å². The molecule has 1 aromatic heterocycles. The van der Waals surface area contributed by atoms with Crippen molar-refractivity contribution in [3.63, 3.8) is 0 Å². The van der Waals surface area contributed by atoms with Crippen molar-refractivity contribution in [1.82, 2.24) is 20.2 Å². The van der Waals surface area contributed by atoms with E-state index in [4.69, 9.17) is 9.47 Å². The number of ether oxygens (including phenoxy) is 2. The highest BCUT2D eigenvalue weighted by atomic mass is 19.1. The van der Waals surface area contributed by atoms with Crippen LogP contribution in [-0.2, 0) is 9.53 Å². The lowest BCUT2D eigenvalue weighted by Gasteiger charge is -2.36. The summed E-state index contributed by atoms with van der Waals surface area (Å²) >= 11 is 0. The summed E-state index contributed by atoms with van der Waals surface area (Å²) in [5.74, 6) is 0.488. The van der Waals surface area contributed by atoms with Gasteiger partial charge in [-0.15, -0.1) is 0 Å². The van der Waals surface area contributed by atoms with Gasteiger partial charge in [0.25, 0.3) is 5.91 Å². The fraction of sp³-hybridized carbons (Fsp3) is 0.607.